The Kier molecular flexibility index (Phi) is 41.0. The molecule has 0 aliphatic heterocycles. The highest BCUT2D eigenvalue weighted by atomic mass is 32.1. The van der Waals surface area contributed by atoms with E-state index in [-0.39, 0.29) is 11.7 Å². The Bertz CT molecular complexity index is 4850. The van der Waals surface area contributed by atoms with Gasteiger partial charge in [0.2, 0.25) is 0 Å². The summed E-state index contributed by atoms with van der Waals surface area (Å²) in [4.78, 5) is 47.3. The Hall–Kier alpha value is -11.6. The first-order chi connectivity index (χ1) is 56.6. The molecular formula is C100H124FN13O3S. The Balaban J connectivity index is 0.000000205. The summed E-state index contributed by atoms with van der Waals surface area (Å²) in [7, 11) is 0. The van der Waals surface area contributed by atoms with Gasteiger partial charge in [0, 0.05) is 111 Å². The molecule has 3 aromatic carbocycles. The van der Waals surface area contributed by atoms with E-state index in [9.17, 15) is 4.39 Å². The summed E-state index contributed by atoms with van der Waals surface area (Å²) in [5, 5.41) is 6.93. The molecule has 0 saturated heterocycles. The van der Waals surface area contributed by atoms with Crippen LogP contribution in [0.2, 0.25) is 0 Å². The quantitative estimate of drug-likeness (QED) is 0.0938. The van der Waals surface area contributed by atoms with Gasteiger partial charge in [0.15, 0.2) is 36.5 Å². The van der Waals surface area contributed by atoms with E-state index in [0.717, 1.165) is 80.2 Å². The normalized spacial score (nSPS) is 10.7. The standard InChI is InChI=1S/C13H14N2.C12H16N2.C12H13NO.2C11H12N2O.C9H11F.C8H13NS.3C8H11N/c1-10(2)12-6-3-7-13(15-12)11-5-4-8-14-9-11;1-4-14-12-7-5-6-10(9(2)3)11(12)8-13-14;1-9(2)10-4-3-5-11(6-10)12-7-13-8-14-12;1-8(2)10-5-9(3-4-13-10)11-6-12-7-14-11;1-8(2)9-4-3-5-10(13-9)11-6-12-7-14-11;1-7(2)8-5-3-4-6-9(8)10;1-5(2)8-9-6(3)7(4)10-8;1-7(2)8-4-3-5-9-6-8;2*1-7(2)8-5-3-4-6-9-8/h3-10H,1-2H3;5-9H,4H2,1-3H3;3-9H,1-2H3;2*3-8H,1-2H3;3-7H,1-2H3;5H,1-4H3;3*3-7H,1-2H3. The molecule has 620 valence electrons. The summed E-state index contributed by atoms with van der Waals surface area (Å²) in [6, 6.07) is 57.7. The number of aryl methyl sites for hydroxylation is 3. The van der Waals surface area contributed by atoms with E-state index in [4.69, 9.17) is 13.3 Å². The van der Waals surface area contributed by atoms with Gasteiger partial charge in [0.1, 0.15) is 11.5 Å². The van der Waals surface area contributed by atoms with Crippen molar-refractivity contribution in [3.05, 3.63) is 335 Å². The summed E-state index contributed by atoms with van der Waals surface area (Å²) in [6.45, 7) is 50.0. The first-order valence-electron chi connectivity index (χ1n) is 41.0. The largest absolute Gasteiger partial charge is 0.444 e. The van der Waals surface area contributed by atoms with Crippen molar-refractivity contribution in [2.24, 2.45) is 0 Å². The van der Waals surface area contributed by atoms with Crippen LogP contribution in [0.3, 0.4) is 0 Å². The van der Waals surface area contributed by atoms with E-state index in [1.54, 1.807) is 43.2 Å². The van der Waals surface area contributed by atoms with Gasteiger partial charge < -0.3 is 13.3 Å². The molecule has 118 heavy (non-hydrogen) atoms. The number of hydrogen-bond acceptors (Lipinski definition) is 16. The van der Waals surface area contributed by atoms with Gasteiger partial charge in [-0.25, -0.2) is 29.3 Å². The number of halogens is 1. The van der Waals surface area contributed by atoms with Crippen molar-refractivity contribution in [1.82, 2.24) is 64.6 Å². The molecule has 18 heteroatoms. The van der Waals surface area contributed by atoms with Gasteiger partial charge in [0.25, 0.3) is 0 Å². The van der Waals surface area contributed by atoms with Crippen LogP contribution in [0.15, 0.2) is 277 Å². The van der Waals surface area contributed by atoms with E-state index in [1.807, 2.05) is 182 Å². The Morgan fingerprint density at radius 2 is 0.814 bits per heavy atom. The maximum absolute atomic E-state index is 12.8. The van der Waals surface area contributed by atoms with Crippen molar-refractivity contribution in [3.63, 3.8) is 0 Å². The third-order valence-corrected chi connectivity index (χ3v) is 19.7. The minimum absolute atomic E-state index is 0.0995. The highest BCUT2D eigenvalue weighted by Crippen LogP contribution is 2.29. The molecule has 0 fully saturated rings. The van der Waals surface area contributed by atoms with Crippen molar-refractivity contribution >= 4 is 22.2 Å². The summed E-state index contributed by atoms with van der Waals surface area (Å²) >= 11 is 1.81. The molecule has 0 aliphatic carbocycles. The number of thiazole rings is 1. The zero-order valence-corrected chi connectivity index (χ0v) is 74.4. The molecule has 0 saturated carbocycles. The molecule has 0 spiro atoms. The third kappa shape index (κ3) is 32.5. The fourth-order valence-corrected chi connectivity index (χ4v) is 12.0. The van der Waals surface area contributed by atoms with Crippen LogP contribution in [0.1, 0.15) is 271 Å². The van der Waals surface area contributed by atoms with Crippen molar-refractivity contribution < 1.29 is 17.6 Å². The van der Waals surface area contributed by atoms with Gasteiger partial charge in [-0.1, -0.05) is 217 Å². The average Bonchev–Trinajstić information content (AvgIpc) is 1.66. The van der Waals surface area contributed by atoms with Gasteiger partial charge in [-0.05, 0) is 193 Å². The van der Waals surface area contributed by atoms with E-state index in [2.05, 4.69) is 248 Å². The summed E-state index contributed by atoms with van der Waals surface area (Å²) < 4.78 is 30.5. The zero-order valence-electron chi connectivity index (χ0n) is 73.6. The number of rotatable bonds is 15. The Labute approximate surface area is 706 Å². The molecule has 0 bridgehead atoms. The predicted octanol–water partition coefficient (Wildman–Crippen LogP) is 28.1. The molecule has 15 aromatic rings. The van der Waals surface area contributed by atoms with E-state index < -0.39 is 0 Å². The van der Waals surface area contributed by atoms with Crippen molar-refractivity contribution in [2.45, 2.75) is 225 Å². The van der Waals surface area contributed by atoms with Crippen LogP contribution >= 0.6 is 11.3 Å². The fourth-order valence-electron chi connectivity index (χ4n) is 11.1. The topological polar surface area (TPSA) is 199 Å². The highest BCUT2D eigenvalue weighted by molar-refractivity contribution is 7.11. The zero-order chi connectivity index (χ0) is 86.1. The predicted molar refractivity (Wildman–Crippen MR) is 486 cm³/mol. The molecule has 16 nitrogen and oxygen atoms in total. The molecule has 12 aromatic heterocycles. The molecule has 0 atom stereocenters. The lowest BCUT2D eigenvalue weighted by atomic mass is 10.00. The van der Waals surface area contributed by atoms with Crippen LogP contribution in [0.25, 0.3) is 56.3 Å². The summed E-state index contributed by atoms with van der Waals surface area (Å²) in [5.74, 6) is 7.20. The Morgan fingerprint density at radius 3 is 1.24 bits per heavy atom. The highest BCUT2D eigenvalue weighted by Gasteiger charge is 2.13. The Morgan fingerprint density at radius 1 is 0.347 bits per heavy atom. The number of pyridine rings is 7. The second-order valence-electron chi connectivity index (χ2n) is 31.1. The van der Waals surface area contributed by atoms with Gasteiger partial charge >= 0.3 is 0 Å². The molecule has 0 aliphatic rings. The van der Waals surface area contributed by atoms with E-state index in [0.29, 0.717) is 59.0 Å². The van der Waals surface area contributed by atoms with Crippen LogP contribution in [0, 0.1) is 19.7 Å². The first kappa shape index (κ1) is 95.2. The minimum Gasteiger partial charge on any atom is -0.444 e. The number of benzene rings is 3. The van der Waals surface area contributed by atoms with Gasteiger partial charge in [-0.3, -0.25) is 34.6 Å². The first-order valence-corrected chi connectivity index (χ1v) is 41.8. The van der Waals surface area contributed by atoms with Crippen LogP contribution in [-0.4, -0.2) is 64.6 Å². The van der Waals surface area contributed by atoms with Gasteiger partial charge in [0.05, 0.1) is 46.7 Å². The molecule has 0 radical (unpaired) electrons. The number of hydrogen-bond donors (Lipinski definition) is 0. The van der Waals surface area contributed by atoms with Crippen LogP contribution in [0.5, 0.6) is 0 Å². The molecule has 0 amide bonds. The minimum atomic E-state index is -0.0995. The molecular weight excluding hydrogens is 1480 g/mol. The molecule has 0 N–H and O–H groups in total. The lowest BCUT2D eigenvalue weighted by molar-refractivity contribution is 0.569. The van der Waals surface area contributed by atoms with Crippen molar-refractivity contribution in [1.29, 1.82) is 0 Å². The fraction of sp³-hybridized carbons (Fsp3) is 0.340. The maximum Gasteiger partial charge on any atom is 0.181 e. The smallest absolute Gasteiger partial charge is 0.181 e. The van der Waals surface area contributed by atoms with Crippen LogP contribution < -0.4 is 0 Å². The van der Waals surface area contributed by atoms with E-state index in [1.165, 1.54) is 68.4 Å². The maximum atomic E-state index is 12.8. The van der Waals surface area contributed by atoms with Crippen LogP contribution in [0.4, 0.5) is 4.39 Å². The lowest BCUT2D eigenvalue weighted by Gasteiger charge is -2.06. The lowest BCUT2D eigenvalue weighted by Crippen LogP contribution is -1.95. The third-order valence-electron chi connectivity index (χ3n) is 18.3. The summed E-state index contributed by atoms with van der Waals surface area (Å²) in [5.41, 5.74) is 17.9. The van der Waals surface area contributed by atoms with Gasteiger partial charge in [-0.15, -0.1) is 11.3 Å². The molecule has 0 unspecified atom stereocenters. The monoisotopic (exact) mass is 1610 g/mol. The van der Waals surface area contributed by atoms with Crippen molar-refractivity contribution in [3.8, 4) is 45.4 Å². The number of fused-ring (bicyclic) bond motifs is 1. The number of aromatic nitrogens is 13. The molecule has 15 rings (SSSR count). The summed E-state index contributed by atoms with van der Waals surface area (Å²) in [6.07, 6.45) is 24.2. The SMILES string of the molecule is CC(C)c1cc(-c2cnco2)ccn1.CC(C)c1cccc(-c2cccnc2)n1.CC(C)c1cccc(-c2cnco2)c1.CC(C)c1cccc(-c2cnco2)n1.CC(C)c1ccccc1F.CC(C)c1ccccn1.CC(C)c1ccccn1.CC(C)c1cccnc1.CCn1ncc2c(C(C)C)cccc21.Cc1nc(C(C)C)sc1C. The van der Waals surface area contributed by atoms with Gasteiger partial charge in [-0.2, -0.15) is 5.10 Å². The number of oxazole rings is 3. The average molecular weight is 1610 g/mol. The second-order valence-corrected chi connectivity index (χ2v) is 32.4. The number of nitrogens with zero attached hydrogens (tertiary/aromatic N) is 13. The second kappa shape index (κ2) is 50.8. The van der Waals surface area contributed by atoms with E-state index >= 15 is 0 Å². The van der Waals surface area contributed by atoms with Crippen molar-refractivity contribution in [2.75, 3.05) is 0 Å². The van der Waals surface area contributed by atoms with Crippen LogP contribution in [-0.2, 0) is 6.54 Å². The molecule has 12 heterocycles.